The zero-order valence-electron chi connectivity index (χ0n) is 13.0. The van der Waals surface area contributed by atoms with Gasteiger partial charge >= 0.3 is 0 Å². The lowest BCUT2D eigenvalue weighted by molar-refractivity contribution is 0.0245. The molecule has 0 spiro atoms. The Morgan fingerprint density at radius 3 is 2.63 bits per heavy atom. The molecule has 0 aromatic carbocycles. The van der Waals surface area contributed by atoms with Gasteiger partial charge in [-0.3, -0.25) is 4.90 Å². The SMILES string of the molecule is CCC(COC)N1CC(C2CCCCC2)NCC1C. The first-order valence-electron chi connectivity index (χ1n) is 8.24. The molecule has 2 fully saturated rings. The Balaban J connectivity index is 1.94. The third-order valence-electron chi connectivity index (χ3n) is 5.17. The van der Waals surface area contributed by atoms with Gasteiger partial charge in [0.15, 0.2) is 0 Å². The van der Waals surface area contributed by atoms with Crippen molar-refractivity contribution in [3.05, 3.63) is 0 Å². The molecule has 1 saturated heterocycles. The van der Waals surface area contributed by atoms with Crippen molar-refractivity contribution in [3.8, 4) is 0 Å². The molecule has 2 aliphatic rings. The van der Waals surface area contributed by atoms with Crippen molar-refractivity contribution in [1.82, 2.24) is 10.2 Å². The Morgan fingerprint density at radius 2 is 2.00 bits per heavy atom. The molecule has 1 aliphatic heterocycles. The first-order chi connectivity index (χ1) is 9.26. The molecular formula is C16H32N2O. The zero-order valence-corrected chi connectivity index (χ0v) is 13.0. The number of rotatable bonds is 5. The molecule has 0 bridgehead atoms. The lowest BCUT2D eigenvalue weighted by Crippen LogP contribution is -2.61. The summed E-state index contributed by atoms with van der Waals surface area (Å²) in [5, 5.41) is 3.81. The van der Waals surface area contributed by atoms with Gasteiger partial charge in [0.2, 0.25) is 0 Å². The molecule has 112 valence electrons. The Labute approximate surface area is 119 Å². The maximum Gasteiger partial charge on any atom is 0.0618 e. The molecule has 0 radical (unpaired) electrons. The van der Waals surface area contributed by atoms with Crippen LogP contribution in [0.25, 0.3) is 0 Å². The minimum Gasteiger partial charge on any atom is -0.383 e. The summed E-state index contributed by atoms with van der Waals surface area (Å²) in [6, 6.07) is 1.94. The van der Waals surface area contributed by atoms with E-state index in [0.29, 0.717) is 18.1 Å². The van der Waals surface area contributed by atoms with Crippen LogP contribution in [0.4, 0.5) is 0 Å². The van der Waals surface area contributed by atoms with Crippen molar-refractivity contribution in [2.24, 2.45) is 5.92 Å². The van der Waals surface area contributed by atoms with Crippen molar-refractivity contribution < 1.29 is 4.74 Å². The monoisotopic (exact) mass is 268 g/mol. The second-order valence-corrected chi connectivity index (χ2v) is 6.48. The van der Waals surface area contributed by atoms with E-state index in [1.165, 1.54) is 45.1 Å². The number of hydrogen-bond acceptors (Lipinski definition) is 3. The highest BCUT2D eigenvalue weighted by Gasteiger charge is 2.33. The Kier molecular flexibility index (Phi) is 6.11. The van der Waals surface area contributed by atoms with Crippen LogP contribution >= 0.6 is 0 Å². The van der Waals surface area contributed by atoms with E-state index < -0.39 is 0 Å². The fourth-order valence-electron chi connectivity index (χ4n) is 3.91. The standard InChI is InChI=1S/C16H32N2O/c1-4-15(12-19-3)18-11-16(17-10-13(18)2)14-8-6-5-7-9-14/h13-17H,4-12H2,1-3H3. The number of methoxy groups -OCH3 is 1. The van der Waals surface area contributed by atoms with E-state index in [4.69, 9.17) is 4.74 Å². The van der Waals surface area contributed by atoms with Gasteiger partial charge in [0.25, 0.3) is 0 Å². The van der Waals surface area contributed by atoms with Gasteiger partial charge in [0.05, 0.1) is 6.61 Å². The van der Waals surface area contributed by atoms with Gasteiger partial charge < -0.3 is 10.1 Å². The van der Waals surface area contributed by atoms with Crippen molar-refractivity contribution in [3.63, 3.8) is 0 Å². The molecule has 3 unspecified atom stereocenters. The van der Waals surface area contributed by atoms with Gasteiger partial charge in [-0.15, -0.1) is 0 Å². The molecule has 0 aromatic rings. The summed E-state index contributed by atoms with van der Waals surface area (Å²) < 4.78 is 5.42. The lowest BCUT2D eigenvalue weighted by atomic mass is 9.82. The summed E-state index contributed by atoms with van der Waals surface area (Å²) in [5.41, 5.74) is 0. The second kappa shape index (κ2) is 7.61. The molecule has 2 rings (SSSR count). The Bertz CT molecular complexity index is 253. The molecule has 0 aromatic heterocycles. The highest BCUT2D eigenvalue weighted by Crippen LogP contribution is 2.29. The molecule has 3 atom stereocenters. The van der Waals surface area contributed by atoms with E-state index in [1.54, 1.807) is 0 Å². The van der Waals surface area contributed by atoms with Gasteiger partial charge in [-0.1, -0.05) is 26.2 Å². The fraction of sp³-hybridized carbons (Fsp3) is 1.00. The summed E-state index contributed by atoms with van der Waals surface area (Å²) in [6.07, 6.45) is 8.38. The minimum atomic E-state index is 0.591. The quantitative estimate of drug-likeness (QED) is 0.829. The number of nitrogens with one attached hydrogen (secondary N) is 1. The topological polar surface area (TPSA) is 24.5 Å². The Hall–Kier alpha value is -0.120. The van der Waals surface area contributed by atoms with Crippen molar-refractivity contribution in [2.75, 3.05) is 26.8 Å². The van der Waals surface area contributed by atoms with Crippen LogP contribution in [0.1, 0.15) is 52.4 Å². The summed E-state index contributed by atoms with van der Waals surface area (Å²) in [7, 11) is 1.83. The second-order valence-electron chi connectivity index (χ2n) is 6.48. The van der Waals surface area contributed by atoms with E-state index in [0.717, 1.165) is 19.1 Å². The molecule has 3 heteroatoms. The van der Waals surface area contributed by atoms with Crippen LogP contribution < -0.4 is 5.32 Å². The predicted octanol–water partition coefficient (Wildman–Crippen LogP) is 2.65. The molecule has 1 N–H and O–H groups in total. The normalized spacial score (nSPS) is 32.4. The summed E-state index contributed by atoms with van der Waals surface area (Å²) in [4.78, 5) is 2.69. The zero-order chi connectivity index (χ0) is 13.7. The van der Waals surface area contributed by atoms with Crippen LogP contribution in [0.3, 0.4) is 0 Å². The van der Waals surface area contributed by atoms with Gasteiger partial charge in [-0.25, -0.2) is 0 Å². The number of piperazine rings is 1. The maximum atomic E-state index is 5.42. The van der Waals surface area contributed by atoms with Crippen molar-refractivity contribution >= 4 is 0 Å². The molecule has 3 nitrogen and oxygen atoms in total. The molecule has 1 aliphatic carbocycles. The largest absolute Gasteiger partial charge is 0.383 e. The summed E-state index contributed by atoms with van der Waals surface area (Å²) in [6.45, 7) is 7.86. The number of ether oxygens (including phenoxy) is 1. The van der Waals surface area contributed by atoms with Crippen LogP contribution in [0, 0.1) is 5.92 Å². The fourth-order valence-corrected chi connectivity index (χ4v) is 3.91. The Morgan fingerprint density at radius 1 is 1.26 bits per heavy atom. The first kappa shape index (κ1) is 15.3. The van der Waals surface area contributed by atoms with Crippen LogP contribution in [0.2, 0.25) is 0 Å². The van der Waals surface area contributed by atoms with Crippen LogP contribution in [-0.2, 0) is 4.74 Å². The summed E-state index contributed by atoms with van der Waals surface area (Å²) >= 11 is 0. The van der Waals surface area contributed by atoms with Crippen LogP contribution in [-0.4, -0.2) is 49.8 Å². The molecule has 19 heavy (non-hydrogen) atoms. The van der Waals surface area contributed by atoms with Crippen LogP contribution in [0.15, 0.2) is 0 Å². The van der Waals surface area contributed by atoms with Gasteiger partial charge in [0.1, 0.15) is 0 Å². The molecule has 0 amide bonds. The average molecular weight is 268 g/mol. The molecule has 1 heterocycles. The third-order valence-corrected chi connectivity index (χ3v) is 5.17. The first-order valence-corrected chi connectivity index (χ1v) is 8.24. The van der Waals surface area contributed by atoms with Crippen LogP contribution in [0.5, 0.6) is 0 Å². The van der Waals surface area contributed by atoms with Crippen molar-refractivity contribution in [2.45, 2.75) is 70.5 Å². The van der Waals surface area contributed by atoms with Gasteiger partial charge in [-0.2, -0.15) is 0 Å². The number of hydrogen-bond donors (Lipinski definition) is 1. The highest BCUT2D eigenvalue weighted by molar-refractivity contribution is 4.91. The predicted molar refractivity (Wildman–Crippen MR) is 80.5 cm³/mol. The minimum absolute atomic E-state index is 0.591. The average Bonchev–Trinajstić information content (AvgIpc) is 2.46. The van der Waals surface area contributed by atoms with E-state index in [1.807, 2.05) is 7.11 Å². The van der Waals surface area contributed by atoms with Gasteiger partial charge in [0, 0.05) is 38.3 Å². The van der Waals surface area contributed by atoms with E-state index >= 15 is 0 Å². The molecule has 1 saturated carbocycles. The lowest BCUT2D eigenvalue weighted by Gasteiger charge is -2.46. The highest BCUT2D eigenvalue weighted by atomic mass is 16.5. The number of nitrogens with zero attached hydrogens (tertiary/aromatic N) is 1. The molecular weight excluding hydrogens is 236 g/mol. The van der Waals surface area contributed by atoms with E-state index in [9.17, 15) is 0 Å². The van der Waals surface area contributed by atoms with Gasteiger partial charge in [-0.05, 0) is 32.1 Å². The smallest absolute Gasteiger partial charge is 0.0618 e. The summed E-state index contributed by atoms with van der Waals surface area (Å²) in [5.74, 6) is 0.906. The van der Waals surface area contributed by atoms with E-state index in [2.05, 4.69) is 24.1 Å². The maximum absolute atomic E-state index is 5.42. The van der Waals surface area contributed by atoms with E-state index in [-0.39, 0.29) is 0 Å². The third kappa shape index (κ3) is 3.93. The van der Waals surface area contributed by atoms with Crippen molar-refractivity contribution in [1.29, 1.82) is 0 Å².